The fourth-order valence-corrected chi connectivity index (χ4v) is 3.49. The van der Waals surface area contributed by atoms with Gasteiger partial charge in [-0.1, -0.05) is 0 Å². The summed E-state index contributed by atoms with van der Waals surface area (Å²) in [6.07, 6.45) is 12.4. The molecular weight excluding hydrogens is 290 g/mol. The lowest BCUT2D eigenvalue weighted by Crippen LogP contribution is -2.36. The first kappa shape index (κ1) is 14.4. The summed E-state index contributed by atoms with van der Waals surface area (Å²) in [6, 6.07) is 0. The smallest absolute Gasteiger partial charge is 0.232 e. The molecule has 1 aliphatic heterocycles. The Kier molecular flexibility index (Phi) is 4.05. The Balaban J connectivity index is 1.34. The van der Waals surface area contributed by atoms with Gasteiger partial charge in [-0.3, -0.25) is 4.98 Å². The number of aryl methyl sites for hydroxylation is 1. The van der Waals surface area contributed by atoms with Gasteiger partial charge in [-0.05, 0) is 38.0 Å². The van der Waals surface area contributed by atoms with Crippen molar-refractivity contribution >= 4 is 5.82 Å². The number of rotatable bonds is 4. The number of hydrogen-bond donors (Lipinski definition) is 0. The van der Waals surface area contributed by atoms with Gasteiger partial charge >= 0.3 is 0 Å². The molecule has 0 aromatic carbocycles. The lowest BCUT2D eigenvalue weighted by atomic mass is 9.97. The molecule has 2 aromatic heterocycles. The van der Waals surface area contributed by atoms with Crippen LogP contribution in [0.3, 0.4) is 0 Å². The van der Waals surface area contributed by atoms with Crippen LogP contribution in [0.15, 0.2) is 24.9 Å². The van der Waals surface area contributed by atoms with E-state index in [1.165, 1.54) is 23.5 Å². The predicted octanol–water partition coefficient (Wildman–Crippen LogP) is 2.05. The maximum atomic E-state index is 5.74. The van der Waals surface area contributed by atoms with Crippen LogP contribution in [0.5, 0.6) is 5.88 Å². The molecule has 0 radical (unpaired) electrons. The van der Waals surface area contributed by atoms with E-state index in [9.17, 15) is 0 Å². The minimum Gasteiger partial charge on any atom is -0.476 e. The number of piperidine rings is 1. The maximum absolute atomic E-state index is 5.74. The van der Waals surface area contributed by atoms with Crippen LogP contribution in [-0.2, 0) is 12.8 Å². The molecule has 2 aromatic rings. The fourth-order valence-electron chi connectivity index (χ4n) is 3.49. The van der Waals surface area contributed by atoms with Crippen molar-refractivity contribution in [3.05, 3.63) is 36.2 Å². The number of fused-ring (bicyclic) bond motifs is 1. The number of nitrogens with zero attached hydrogens (tertiary/aromatic N) is 5. The molecular formula is C17H21N5O. The second kappa shape index (κ2) is 6.48. The molecule has 0 atom stereocenters. The average Bonchev–Trinajstić information content (AvgIpc) is 3.10. The second-order valence-electron chi connectivity index (χ2n) is 6.26. The molecule has 3 heterocycles. The summed E-state index contributed by atoms with van der Waals surface area (Å²) in [7, 11) is 0. The van der Waals surface area contributed by atoms with E-state index in [-0.39, 0.29) is 0 Å². The van der Waals surface area contributed by atoms with E-state index >= 15 is 0 Å². The van der Waals surface area contributed by atoms with Crippen LogP contribution in [0.25, 0.3) is 0 Å². The largest absolute Gasteiger partial charge is 0.476 e. The van der Waals surface area contributed by atoms with E-state index < -0.39 is 0 Å². The lowest BCUT2D eigenvalue weighted by molar-refractivity contribution is 0.215. The molecule has 120 valence electrons. The monoisotopic (exact) mass is 311 g/mol. The Hall–Kier alpha value is -2.24. The van der Waals surface area contributed by atoms with E-state index in [2.05, 4.69) is 24.8 Å². The summed E-state index contributed by atoms with van der Waals surface area (Å²) < 4.78 is 5.74. The molecule has 6 heteroatoms. The highest BCUT2D eigenvalue weighted by Crippen LogP contribution is 2.30. The first-order valence-corrected chi connectivity index (χ1v) is 8.36. The average molecular weight is 311 g/mol. The fraction of sp³-hybridized carbons (Fsp3) is 0.529. The summed E-state index contributed by atoms with van der Waals surface area (Å²) in [6.45, 7) is 2.80. The van der Waals surface area contributed by atoms with Crippen LogP contribution < -0.4 is 9.64 Å². The Labute approximate surface area is 136 Å². The van der Waals surface area contributed by atoms with Crippen molar-refractivity contribution in [2.24, 2.45) is 5.92 Å². The van der Waals surface area contributed by atoms with Crippen molar-refractivity contribution in [3.63, 3.8) is 0 Å². The zero-order valence-electron chi connectivity index (χ0n) is 13.2. The number of anilines is 1. The van der Waals surface area contributed by atoms with E-state index in [0.29, 0.717) is 18.4 Å². The van der Waals surface area contributed by atoms with Gasteiger partial charge in [0.15, 0.2) is 0 Å². The van der Waals surface area contributed by atoms with Crippen molar-refractivity contribution in [2.75, 3.05) is 24.6 Å². The SMILES string of the molecule is c1cnc(OCC2CCN(c3ncnc4c3CCC4)CC2)cn1. The number of ether oxygens (including phenoxy) is 1. The van der Waals surface area contributed by atoms with Gasteiger partial charge < -0.3 is 9.64 Å². The quantitative estimate of drug-likeness (QED) is 0.861. The van der Waals surface area contributed by atoms with E-state index in [1.807, 2.05) is 0 Å². The van der Waals surface area contributed by atoms with Crippen molar-refractivity contribution in [1.29, 1.82) is 0 Å². The third kappa shape index (κ3) is 3.11. The first-order valence-electron chi connectivity index (χ1n) is 8.36. The van der Waals surface area contributed by atoms with Gasteiger partial charge in [0.2, 0.25) is 5.88 Å². The molecule has 4 rings (SSSR count). The van der Waals surface area contributed by atoms with E-state index in [4.69, 9.17) is 4.74 Å². The zero-order valence-corrected chi connectivity index (χ0v) is 13.2. The summed E-state index contributed by atoms with van der Waals surface area (Å²) in [5.41, 5.74) is 2.63. The van der Waals surface area contributed by atoms with Gasteiger partial charge in [-0.2, -0.15) is 0 Å². The van der Waals surface area contributed by atoms with Crippen molar-refractivity contribution in [3.8, 4) is 5.88 Å². The third-order valence-electron chi connectivity index (χ3n) is 4.77. The first-order chi connectivity index (χ1) is 11.4. The van der Waals surface area contributed by atoms with Gasteiger partial charge in [-0.15, -0.1) is 0 Å². The third-order valence-corrected chi connectivity index (χ3v) is 4.77. The molecule has 0 spiro atoms. The highest BCUT2D eigenvalue weighted by Gasteiger charge is 2.25. The summed E-state index contributed by atoms with van der Waals surface area (Å²) >= 11 is 0. The summed E-state index contributed by atoms with van der Waals surface area (Å²) in [4.78, 5) is 19.6. The maximum Gasteiger partial charge on any atom is 0.232 e. The molecule has 0 N–H and O–H groups in total. The Bertz CT molecular complexity index is 655. The normalized spacial score (nSPS) is 18.0. The topological polar surface area (TPSA) is 64.0 Å². The molecule has 2 aliphatic rings. The van der Waals surface area contributed by atoms with Crippen LogP contribution in [0.4, 0.5) is 5.82 Å². The molecule has 0 bridgehead atoms. The van der Waals surface area contributed by atoms with Gasteiger partial charge in [0.05, 0.1) is 12.8 Å². The zero-order chi connectivity index (χ0) is 15.5. The van der Waals surface area contributed by atoms with Crippen LogP contribution in [-0.4, -0.2) is 39.6 Å². The van der Waals surface area contributed by atoms with Gasteiger partial charge in [0.25, 0.3) is 0 Å². The Morgan fingerprint density at radius 2 is 2.00 bits per heavy atom. The molecule has 0 saturated carbocycles. The van der Waals surface area contributed by atoms with Crippen LogP contribution in [0.2, 0.25) is 0 Å². The molecule has 6 nitrogen and oxygen atoms in total. The Morgan fingerprint density at radius 1 is 1.09 bits per heavy atom. The lowest BCUT2D eigenvalue weighted by Gasteiger charge is -2.33. The van der Waals surface area contributed by atoms with Crippen molar-refractivity contribution in [2.45, 2.75) is 32.1 Å². The number of aromatic nitrogens is 4. The standard InChI is InChI=1S/C17H21N5O/c1-2-14-15(3-1)20-12-21-17(14)22-8-4-13(5-9-22)11-23-16-10-18-6-7-19-16/h6-7,10,12-13H,1-5,8-9,11H2. The second-order valence-corrected chi connectivity index (χ2v) is 6.26. The van der Waals surface area contributed by atoms with Crippen LogP contribution >= 0.6 is 0 Å². The molecule has 0 unspecified atom stereocenters. The van der Waals surface area contributed by atoms with Gasteiger partial charge in [0.1, 0.15) is 12.1 Å². The van der Waals surface area contributed by atoms with E-state index in [1.54, 1.807) is 24.9 Å². The minimum atomic E-state index is 0.572. The van der Waals surface area contributed by atoms with Crippen molar-refractivity contribution < 1.29 is 4.74 Å². The van der Waals surface area contributed by atoms with Crippen LogP contribution in [0, 0.1) is 5.92 Å². The van der Waals surface area contributed by atoms with E-state index in [0.717, 1.165) is 38.8 Å². The predicted molar refractivity (Wildman–Crippen MR) is 86.5 cm³/mol. The minimum absolute atomic E-state index is 0.572. The highest BCUT2D eigenvalue weighted by molar-refractivity contribution is 5.50. The van der Waals surface area contributed by atoms with Gasteiger partial charge in [0, 0.05) is 36.7 Å². The molecule has 1 saturated heterocycles. The molecule has 0 amide bonds. The van der Waals surface area contributed by atoms with Gasteiger partial charge in [-0.25, -0.2) is 15.0 Å². The molecule has 1 aliphatic carbocycles. The molecule has 23 heavy (non-hydrogen) atoms. The summed E-state index contributed by atoms with van der Waals surface area (Å²) in [5, 5.41) is 0. The van der Waals surface area contributed by atoms with Crippen LogP contribution in [0.1, 0.15) is 30.5 Å². The summed E-state index contributed by atoms with van der Waals surface area (Å²) in [5.74, 6) is 2.35. The Morgan fingerprint density at radius 3 is 2.83 bits per heavy atom. The highest BCUT2D eigenvalue weighted by atomic mass is 16.5. The number of hydrogen-bond acceptors (Lipinski definition) is 6. The molecule has 1 fully saturated rings. The van der Waals surface area contributed by atoms with Crippen molar-refractivity contribution in [1.82, 2.24) is 19.9 Å².